The zero-order valence-electron chi connectivity index (χ0n) is 16.3. The van der Waals surface area contributed by atoms with E-state index >= 15 is 0 Å². The number of rotatable bonds is 6. The van der Waals surface area contributed by atoms with Crippen molar-refractivity contribution in [3.05, 3.63) is 96.6 Å². The van der Waals surface area contributed by atoms with Gasteiger partial charge in [0, 0.05) is 11.4 Å². The first-order valence-electron chi connectivity index (χ1n) is 9.30. The zero-order chi connectivity index (χ0) is 20.1. The highest BCUT2D eigenvalue weighted by molar-refractivity contribution is 7.19. The number of methoxy groups -OCH3 is 1. The van der Waals surface area contributed by atoms with E-state index in [1.807, 2.05) is 60.7 Å². The number of hydrogen-bond acceptors (Lipinski definition) is 5. The Labute approximate surface area is 174 Å². The zero-order valence-corrected chi connectivity index (χ0v) is 17.1. The maximum absolute atomic E-state index is 5.30. The van der Waals surface area contributed by atoms with E-state index in [0.717, 1.165) is 32.8 Å². The van der Waals surface area contributed by atoms with Crippen LogP contribution in [-0.4, -0.2) is 7.11 Å². The summed E-state index contributed by atoms with van der Waals surface area (Å²) in [5.41, 5.74) is 4.20. The first-order valence-corrected chi connectivity index (χ1v) is 10.1. The molecule has 0 saturated carbocycles. The van der Waals surface area contributed by atoms with Crippen LogP contribution in [0.5, 0.6) is 5.75 Å². The molecule has 0 spiro atoms. The molecule has 0 amide bonds. The summed E-state index contributed by atoms with van der Waals surface area (Å²) in [7, 11) is 1.68. The number of nitrogens with zero attached hydrogens (tertiary/aromatic N) is 3. The molecule has 29 heavy (non-hydrogen) atoms. The molecule has 0 unspecified atom stereocenters. The van der Waals surface area contributed by atoms with Gasteiger partial charge in [0.2, 0.25) is 0 Å². The molecule has 0 bridgehead atoms. The van der Waals surface area contributed by atoms with Crippen molar-refractivity contribution in [3.63, 3.8) is 0 Å². The molecule has 0 N–H and O–H groups in total. The largest absolute Gasteiger partial charge is 0.497 e. The van der Waals surface area contributed by atoms with Crippen molar-refractivity contribution in [2.24, 2.45) is 10.2 Å². The molecule has 4 rings (SSSR count). The van der Waals surface area contributed by atoms with Crippen LogP contribution in [0.25, 0.3) is 0 Å². The first-order chi connectivity index (χ1) is 14.2. The lowest BCUT2D eigenvalue weighted by atomic mass is 10.2. The highest BCUT2D eigenvalue weighted by atomic mass is 32.1. The second-order valence-corrected chi connectivity index (χ2v) is 7.56. The third-order valence-corrected chi connectivity index (χ3v) is 5.40. The van der Waals surface area contributed by atoms with Crippen molar-refractivity contribution in [2.45, 2.75) is 6.92 Å². The predicted molar refractivity (Wildman–Crippen MR) is 121 cm³/mol. The Kier molecular flexibility index (Phi) is 5.68. The highest BCUT2D eigenvalue weighted by Gasteiger charge is 2.14. The van der Waals surface area contributed by atoms with E-state index in [2.05, 4.69) is 52.4 Å². The van der Waals surface area contributed by atoms with Crippen molar-refractivity contribution in [1.29, 1.82) is 0 Å². The standard InChI is InChI=1S/C24H21N3OS/c1-18-8-10-19(11-9-18)25-26-23-16-17-24(29-23)27(20-6-4-3-5-7-20)21-12-14-22(28-2)15-13-21/h3-17H,1-2H3. The van der Waals surface area contributed by atoms with Gasteiger partial charge in [0.25, 0.3) is 0 Å². The number of anilines is 3. The van der Waals surface area contributed by atoms with Gasteiger partial charge in [0.15, 0.2) is 0 Å². The van der Waals surface area contributed by atoms with Crippen LogP contribution in [0.2, 0.25) is 0 Å². The molecule has 4 aromatic rings. The Bertz CT molecular complexity index is 1090. The summed E-state index contributed by atoms with van der Waals surface area (Å²) in [6, 6.07) is 30.4. The van der Waals surface area contributed by atoms with Crippen LogP contribution in [-0.2, 0) is 0 Å². The highest BCUT2D eigenvalue weighted by Crippen LogP contribution is 2.41. The normalized spacial score (nSPS) is 11.0. The van der Waals surface area contributed by atoms with Crippen LogP contribution in [0.15, 0.2) is 101 Å². The summed E-state index contributed by atoms with van der Waals surface area (Å²) in [6.45, 7) is 2.06. The van der Waals surface area contributed by atoms with Gasteiger partial charge in [0.05, 0.1) is 12.8 Å². The van der Waals surface area contributed by atoms with Gasteiger partial charge in [-0.15, -0.1) is 10.2 Å². The minimum absolute atomic E-state index is 0.834. The van der Waals surface area contributed by atoms with Gasteiger partial charge in [-0.2, -0.15) is 0 Å². The average molecular weight is 400 g/mol. The summed E-state index contributed by atoms with van der Waals surface area (Å²) in [6.07, 6.45) is 0. The number of para-hydroxylation sites is 1. The van der Waals surface area contributed by atoms with Gasteiger partial charge in [-0.3, -0.25) is 0 Å². The maximum atomic E-state index is 5.30. The van der Waals surface area contributed by atoms with E-state index in [1.165, 1.54) is 5.56 Å². The fourth-order valence-corrected chi connectivity index (χ4v) is 3.79. The Morgan fingerprint density at radius 2 is 1.41 bits per heavy atom. The van der Waals surface area contributed by atoms with Gasteiger partial charge >= 0.3 is 0 Å². The topological polar surface area (TPSA) is 37.2 Å². The molecule has 4 nitrogen and oxygen atoms in total. The molecule has 0 aliphatic heterocycles. The van der Waals surface area contributed by atoms with Crippen molar-refractivity contribution in [3.8, 4) is 5.75 Å². The van der Waals surface area contributed by atoms with Crippen LogP contribution >= 0.6 is 11.3 Å². The van der Waals surface area contributed by atoms with Crippen molar-refractivity contribution in [1.82, 2.24) is 0 Å². The van der Waals surface area contributed by atoms with Gasteiger partial charge in [-0.25, -0.2) is 0 Å². The van der Waals surface area contributed by atoms with E-state index < -0.39 is 0 Å². The first kappa shape index (κ1) is 18.9. The molecule has 0 radical (unpaired) electrons. The quantitative estimate of drug-likeness (QED) is 0.308. The predicted octanol–water partition coefficient (Wildman–Crippen LogP) is 7.95. The Morgan fingerprint density at radius 3 is 2.10 bits per heavy atom. The minimum Gasteiger partial charge on any atom is -0.497 e. The van der Waals surface area contributed by atoms with E-state index in [1.54, 1.807) is 18.4 Å². The summed E-state index contributed by atoms with van der Waals surface area (Å²) in [5, 5.41) is 10.7. The molecule has 5 heteroatoms. The third kappa shape index (κ3) is 4.52. The van der Waals surface area contributed by atoms with Crippen molar-refractivity contribution < 1.29 is 4.74 Å². The molecular formula is C24H21N3OS. The Morgan fingerprint density at radius 1 is 0.724 bits per heavy atom. The summed E-state index contributed by atoms with van der Waals surface area (Å²) in [5.74, 6) is 0.834. The molecule has 1 aromatic heterocycles. The Hall–Kier alpha value is -3.44. The van der Waals surface area contributed by atoms with E-state index in [-0.39, 0.29) is 0 Å². The molecule has 0 atom stereocenters. The lowest BCUT2D eigenvalue weighted by Crippen LogP contribution is -2.07. The van der Waals surface area contributed by atoms with E-state index in [0.29, 0.717) is 0 Å². The lowest BCUT2D eigenvalue weighted by Gasteiger charge is -2.23. The Balaban J connectivity index is 1.65. The van der Waals surface area contributed by atoms with Crippen LogP contribution in [0.4, 0.5) is 27.1 Å². The molecule has 0 fully saturated rings. The number of aryl methyl sites for hydroxylation is 1. The van der Waals surface area contributed by atoms with Crippen LogP contribution in [0.3, 0.4) is 0 Å². The molecule has 3 aromatic carbocycles. The maximum Gasteiger partial charge on any atom is 0.140 e. The molecule has 0 aliphatic rings. The van der Waals surface area contributed by atoms with Crippen molar-refractivity contribution >= 4 is 38.4 Å². The van der Waals surface area contributed by atoms with Crippen molar-refractivity contribution in [2.75, 3.05) is 12.0 Å². The summed E-state index contributed by atoms with van der Waals surface area (Å²) in [4.78, 5) is 2.20. The number of benzene rings is 3. The summed E-state index contributed by atoms with van der Waals surface area (Å²) >= 11 is 1.60. The number of azo groups is 1. The summed E-state index contributed by atoms with van der Waals surface area (Å²) < 4.78 is 5.30. The molecule has 0 saturated heterocycles. The second-order valence-electron chi connectivity index (χ2n) is 6.52. The van der Waals surface area contributed by atoms with Gasteiger partial charge in [0.1, 0.15) is 15.8 Å². The SMILES string of the molecule is COc1ccc(N(c2ccccc2)c2ccc(N=Nc3ccc(C)cc3)s2)cc1. The molecule has 1 heterocycles. The number of ether oxygens (including phenoxy) is 1. The number of hydrogen-bond donors (Lipinski definition) is 0. The number of thiophene rings is 1. The molecular weight excluding hydrogens is 378 g/mol. The van der Waals surface area contributed by atoms with Crippen LogP contribution in [0.1, 0.15) is 5.56 Å². The molecule has 0 aliphatic carbocycles. The van der Waals surface area contributed by atoms with Gasteiger partial charge in [-0.1, -0.05) is 47.2 Å². The van der Waals surface area contributed by atoms with Crippen LogP contribution < -0.4 is 9.64 Å². The monoisotopic (exact) mass is 399 g/mol. The fraction of sp³-hybridized carbons (Fsp3) is 0.0833. The second kappa shape index (κ2) is 8.71. The van der Waals surface area contributed by atoms with E-state index in [9.17, 15) is 0 Å². The smallest absolute Gasteiger partial charge is 0.140 e. The minimum atomic E-state index is 0.834. The molecule has 144 valence electrons. The van der Waals surface area contributed by atoms with Gasteiger partial charge < -0.3 is 9.64 Å². The average Bonchev–Trinajstić information content (AvgIpc) is 3.23. The van der Waals surface area contributed by atoms with E-state index in [4.69, 9.17) is 4.74 Å². The lowest BCUT2D eigenvalue weighted by molar-refractivity contribution is 0.415. The van der Waals surface area contributed by atoms with Crippen LogP contribution in [0, 0.1) is 6.92 Å². The third-order valence-electron chi connectivity index (χ3n) is 4.44. The van der Waals surface area contributed by atoms with Gasteiger partial charge in [-0.05, 0) is 67.6 Å². The fourth-order valence-electron chi connectivity index (χ4n) is 2.92.